The van der Waals surface area contributed by atoms with Crippen molar-refractivity contribution < 1.29 is 13.7 Å². The zero-order valence-electron chi connectivity index (χ0n) is 13.4. The molecule has 4 nitrogen and oxygen atoms in total. The SMILES string of the molecule is CC(C)(C)OC(=O)N1CC(c2ccc(S(=O)C3CC3)cc2)C1. The third-order valence-electron chi connectivity index (χ3n) is 3.94. The Kier molecular flexibility index (Phi) is 4.02. The fourth-order valence-electron chi connectivity index (χ4n) is 2.51. The van der Waals surface area contributed by atoms with Crippen molar-refractivity contribution in [3.8, 4) is 0 Å². The van der Waals surface area contributed by atoms with Gasteiger partial charge < -0.3 is 9.64 Å². The van der Waals surface area contributed by atoms with Crippen LogP contribution in [0.5, 0.6) is 0 Å². The lowest BCUT2D eigenvalue weighted by Gasteiger charge is -2.40. The van der Waals surface area contributed by atoms with E-state index in [0.717, 1.165) is 17.7 Å². The molecule has 1 atom stereocenters. The van der Waals surface area contributed by atoms with E-state index in [9.17, 15) is 9.00 Å². The molecule has 1 saturated heterocycles. The number of hydrogen-bond donors (Lipinski definition) is 0. The maximum atomic E-state index is 12.1. The Morgan fingerprint density at radius 1 is 1.18 bits per heavy atom. The number of benzene rings is 1. The molecule has 0 spiro atoms. The third kappa shape index (κ3) is 3.51. The van der Waals surface area contributed by atoms with E-state index in [1.165, 1.54) is 5.56 Å². The van der Waals surface area contributed by atoms with Gasteiger partial charge in [-0.05, 0) is 51.3 Å². The Hall–Kier alpha value is -1.36. The number of hydrogen-bond acceptors (Lipinski definition) is 3. The van der Waals surface area contributed by atoms with E-state index in [0.29, 0.717) is 24.3 Å². The maximum Gasteiger partial charge on any atom is 0.410 e. The van der Waals surface area contributed by atoms with Gasteiger partial charge in [-0.1, -0.05) is 12.1 Å². The molecule has 2 aliphatic rings. The molecule has 1 aliphatic heterocycles. The van der Waals surface area contributed by atoms with Gasteiger partial charge >= 0.3 is 6.09 Å². The van der Waals surface area contributed by atoms with Crippen LogP contribution in [0, 0.1) is 0 Å². The van der Waals surface area contributed by atoms with Crippen LogP contribution in [0.2, 0.25) is 0 Å². The molecular formula is C17H23NO3S. The second-order valence-corrected chi connectivity index (χ2v) is 8.88. The van der Waals surface area contributed by atoms with Gasteiger partial charge in [0, 0.05) is 29.2 Å². The summed E-state index contributed by atoms with van der Waals surface area (Å²) in [6, 6.07) is 8.04. The van der Waals surface area contributed by atoms with Gasteiger partial charge in [0.15, 0.2) is 0 Å². The zero-order valence-corrected chi connectivity index (χ0v) is 14.2. The van der Waals surface area contributed by atoms with Gasteiger partial charge in [-0.2, -0.15) is 0 Å². The van der Waals surface area contributed by atoms with Gasteiger partial charge in [0.25, 0.3) is 0 Å². The highest BCUT2D eigenvalue weighted by Gasteiger charge is 2.35. The second-order valence-electron chi connectivity index (χ2n) is 7.15. The van der Waals surface area contributed by atoms with Gasteiger partial charge in [0.2, 0.25) is 0 Å². The van der Waals surface area contributed by atoms with Crippen LogP contribution in [-0.4, -0.2) is 39.1 Å². The standard InChI is InChI=1S/C17H23NO3S/c1-17(2,3)21-16(19)18-10-13(11-18)12-4-6-14(7-5-12)22(20)15-8-9-15/h4-7,13,15H,8-11H2,1-3H3. The minimum absolute atomic E-state index is 0.241. The van der Waals surface area contributed by atoms with Crippen LogP contribution in [0.25, 0.3) is 0 Å². The molecule has 1 aromatic carbocycles. The Bertz CT molecular complexity index is 581. The molecule has 0 bridgehead atoms. The Morgan fingerprint density at radius 3 is 2.27 bits per heavy atom. The number of nitrogens with zero attached hydrogens (tertiary/aromatic N) is 1. The summed E-state index contributed by atoms with van der Waals surface area (Å²) in [6.45, 7) is 7.02. The van der Waals surface area contributed by atoms with Crippen molar-refractivity contribution >= 4 is 16.9 Å². The summed E-state index contributed by atoms with van der Waals surface area (Å²) in [5.41, 5.74) is 0.757. The average Bonchev–Trinajstić information content (AvgIpc) is 3.19. The fraction of sp³-hybridized carbons (Fsp3) is 0.588. The first-order valence-electron chi connectivity index (χ1n) is 7.82. The van der Waals surface area contributed by atoms with Gasteiger partial charge in [-0.3, -0.25) is 4.21 Å². The van der Waals surface area contributed by atoms with Crippen molar-refractivity contribution in [2.45, 2.75) is 55.3 Å². The van der Waals surface area contributed by atoms with Crippen molar-refractivity contribution in [1.29, 1.82) is 0 Å². The number of ether oxygens (including phenoxy) is 1. The number of rotatable bonds is 3. The maximum absolute atomic E-state index is 12.1. The van der Waals surface area contributed by atoms with Gasteiger partial charge in [-0.15, -0.1) is 0 Å². The van der Waals surface area contributed by atoms with E-state index in [2.05, 4.69) is 0 Å². The fourth-order valence-corrected chi connectivity index (χ4v) is 3.87. The zero-order chi connectivity index (χ0) is 15.9. The van der Waals surface area contributed by atoms with Gasteiger partial charge in [-0.25, -0.2) is 4.79 Å². The molecule has 0 radical (unpaired) electrons. The summed E-state index contributed by atoms with van der Waals surface area (Å²) >= 11 is 0. The highest BCUT2D eigenvalue weighted by Crippen LogP contribution is 2.32. The number of likely N-dealkylation sites (tertiary alicyclic amines) is 1. The lowest BCUT2D eigenvalue weighted by molar-refractivity contribution is 0.00819. The average molecular weight is 321 g/mol. The number of carbonyl (C=O) groups excluding carboxylic acids is 1. The van der Waals surface area contributed by atoms with E-state index in [1.54, 1.807) is 4.90 Å². The highest BCUT2D eigenvalue weighted by atomic mass is 32.2. The Balaban J connectivity index is 1.54. The van der Waals surface area contributed by atoms with Crippen LogP contribution in [0.3, 0.4) is 0 Å². The topological polar surface area (TPSA) is 46.6 Å². The minimum Gasteiger partial charge on any atom is -0.444 e. The molecule has 1 saturated carbocycles. The van der Waals surface area contributed by atoms with E-state index in [-0.39, 0.29) is 6.09 Å². The summed E-state index contributed by atoms with van der Waals surface area (Å²) in [5.74, 6) is 0.357. The van der Waals surface area contributed by atoms with Crippen molar-refractivity contribution in [2.75, 3.05) is 13.1 Å². The normalized spacial score (nSPS) is 20.4. The lowest BCUT2D eigenvalue weighted by atomic mass is 9.92. The van der Waals surface area contributed by atoms with Crippen molar-refractivity contribution in [3.05, 3.63) is 29.8 Å². The highest BCUT2D eigenvalue weighted by molar-refractivity contribution is 7.86. The van der Waals surface area contributed by atoms with Crippen LogP contribution >= 0.6 is 0 Å². The molecule has 5 heteroatoms. The molecule has 120 valence electrons. The molecule has 1 amide bonds. The predicted molar refractivity (Wildman–Crippen MR) is 86.4 cm³/mol. The smallest absolute Gasteiger partial charge is 0.410 e. The lowest BCUT2D eigenvalue weighted by Crippen LogP contribution is -2.50. The summed E-state index contributed by atoms with van der Waals surface area (Å²) in [5, 5.41) is 0.372. The minimum atomic E-state index is -0.840. The van der Waals surface area contributed by atoms with Crippen LogP contribution in [0.15, 0.2) is 29.2 Å². The first kappa shape index (κ1) is 15.5. The quantitative estimate of drug-likeness (QED) is 0.858. The van der Waals surface area contributed by atoms with Crippen LogP contribution < -0.4 is 0 Å². The van der Waals surface area contributed by atoms with Crippen molar-refractivity contribution in [2.24, 2.45) is 0 Å². The van der Waals surface area contributed by atoms with E-state index in [1.807, 2.05) is 45.0 Å². The number of amides is 1. The molecule has 1 unspecified atom stereocenters. The number of carbonyl (C=O) groups is 1. The molecule has 22 heavy (non-hydrogen) atoms. The predicted octanol–water partition coefficient (Wildman–Crippen LogP) is 3.29. The molecular weight excluding hydrogens is 298 g/mol. The molecule has 0 aromatic heterocycles. The molecule has 1 aromatic rings. The van der Waals surface area contributed by atoms with Crippen molar-refractivity contribution in [3.63, 3.8) is 0 Å². The molecule has 1 aliphatic carbocycles. The summed E-state index contributed by atoms with van der Waals surface area (Å²) in [6.07, 6.45) is 1.93. The van der Waals surface area contributed by atoms with Crippen LogP contribution in [0.1, 0.15) is 45.1 Å². The second kappa shape index (κ2) is 5.69. The first-order chi connectivity index (χ1) is 10.3. The first-order valence-corrected chi connectivity index (χ1v) is 9.03. The van der Waals surface area contributed by atoms with Crippen LogP contribution in [-0.2, 0) is 15.5 Å². The van der Waals surface area contributed by atoms with E-state index < -0.39 is 16.4 Å². The summed E-state index contributed by atoms with van der Waals surface area (Å²) < 4.78 is 17.4. The molecule has 0 N–H and O–H groups in total. The molecule has 2 fully saturated rings. The van der Waals surface area contributed by atoms with Gasteiger partial charge in [0.1, 0.15) is 5.60 Å². The largest absolute Gasteiger partial charge is 0.444 e. The summed E-state index contributed by atoms with van der Waals surface area (Å²) in [4.78, 5) is 14.6. The van der Waals surface area contributed by atoms with E-state index in [4.69, 9.17) is 4.74 Å². The molecule has 3 rings (SSSR count). The van der Waals surface area contributed by atoms with Gasteiger partial charge in [0.05, 0.1) is 10.8 Å². The molecule has 1 heterocycles. The monoisotopic (exact) mass is 321 g/mol. The van der Waals surface area contributed by atoms with Crippen molar-refractivity contribution in [1.82, 2.24) is 4.90 Å². The summed E-state index contributed by atoms with van der Waals surface area (Å²) in [7, 11) is -0.840. The third-order valence-corrected chi connectivity index (χ3v) is 5.76. The Labute approximate surface area is 134 Å². The van der Waals surface area contributed by atoms with Crippen LogP contribution in [0.4, 0.5) is 4.79 Å². The Morgan fingerprint density at radius 2 is 1.77 bits per heavy atom. The van der Waals surface area contributed by atoms with E-state index >= 15 is 0 Å².